The van der Waals surface area contributed by atoms with Crippen molar-refractivity contribution in [3.63, 3.8) is 0 Å². The minimum absolute atomic E-state index is 0.190. The molecule has 6 unspecified atom stereocenters. The summed E-state index contributed by atoms with van der Waals surface area (Å²) in [6.45, 7) is 7.31. The third-order valence-corrected chi connectivity index (χ3v) is 9.47. The van der Waals surface area contributed by atoms with Crippen LogP contribution in [-0.4, -0.2) is 13.1 Å². The molecule has 0 aromatic heterocycles. The van der Waals surface area contributed by atoms with Gasteiger partial charge in [-0.05, 0) is 111 Å². The van der Waals surface area contributed by atoms with Gasteiger partial charge in [0.25, 0.3) is 0 Å². The minimum atomic E-state index is 0.190. The zero-order chi connectivity index (χ0) is 24.7. The summed E-state index contributed by atoms with van der Waals surface area (Å²) >= 11 is 0. The Morgan fingerprint density at radius 3 is 2.69 bits per heavy atom. The van der Waals surface area contributed by atoms with Crippen LogP contribution in [0.5, 0.6) is 5.75 Å². The molecule has 0 bridgehead atoms. The van der Waals surface area contributed by atoms with Crippen LogP contribution < -0.4 is 10.1 Å². The SMILES string of the molecule is CC1CCCC(CC(C)CC2Cc3ccccc3C2Oc2cccc(CC3CCCNCC3)c2)CC1. The fraction of sp³-hybridized carbons (Fsp3) is 0.647. The van der Waals surface area contributed by atoms with Crippen LogP contribution in [0.2, 0.25) is 0 Å². The maximum Gasteiger partial charge on any atom is 0.127 e. The van der Waals surface area contributed by atoms with E-state index in [4.69, 9.17) is 4.74 Å². The van der Waals surface area contributed by atoms with Gasteiger partial charge in [0.1, 0.15) is 11.9 Å². The highest BCUT2D eigenvalue weighted by Crippen LogP contribution is 2.44. The van der Waals surface area contributed by atoms with Crippen LogP contribution in [0.3, 0.4) is 0 Å². The summed E-state index contributed by atoms with van der Waals surface area (Å²) < 4.78 is 6.88. The van der Waals surface area contributed by atoms with E-state index in [0.29, 0.717) is 5.92 Å². The maximum atomic E-state index is 6.88. The normalized spacial score (nSPS) is 29.7. The Labute approximate surface area is 220 Å². The molecule has 0 spiro atoms. The van der Waals surface area contributed by atoms with E-state index in [-0.39, 0.29) is 6.10 Å². The molecule has 1 heterocycles. The lowest BCUT2D eigenvalue weighted by Gasteiger charge is -2.27. The minimum Gasteiger partial charge on any atom is -0.485 e. The van der Waals surface area contributed by atoms with E-state index >= 15 is 0 Å². The van der Waals surface area contributed by atoms with Gasteiger partial charge in [-0.3, -0.25) is 0 Å². The third-order valence-electron chi connectivity index (χ3n) is 9.47. The maximum absolute atomic E-state index is 6.88. The molecule has 2 nitrogen and oxygen atoms in total. The predicted octanol–water partition coefficient (Wildman–Crippen LogP) is 8.54. The first kappa shape index (κ1) is 25.8. The van der Waals surface area contributed by atoms with E-state index < -0.39 is 0 Å². The Balaban J connectivity index is 1.24. The lowest BCUT2D eigenvalue weighted by Crippen LogP contribution is -2.19. The van der Waals surface area contributed by atoms with Gasteiger partial charge in [-0.2, -0.15) is 0 Å². The molecule has 1 saturated heterocycles. The Morgan fingerprint density at radius 2 is 1.75 bits per heavy atom. The monoisotopic (exact) mass is 487 g/mol. The number of hydrogen-bond acceptors (Lipinski definition) is 2. The zero-order valence-corrected chi connectivity index (χ0v) is 22.9. The summed E-state index contributed by atoms with van der Waals surface area (Å²) in [7, 11) is 0. The van der Waals surface area contributed by atoms with E-state index in [1.807, 2.05) is 0 Å². The topological polar surface area (TPSA) is 21.3 Å². The molecule has 0 radical (unpaired) electrons. The van der Waals surface area contributed by atoms with Gasteiger partial charge in [-0.15, -0.1) is 0 Å². The highest BCUT2D eigenvalue weighted by atomic mass is 16.5. The summed E-state index contributed by atoms with van der Waals surface area (Å²) in [6, 6.07) is 18.1. The standard InChI is InChI=1S/C34H49NO/c1-25-8-5-9-27(16-15-25)20-26(2)21-31-24-30-12-3-4-14-33(30)34(31)36-32-13-6-10-29(23-32)22-28-11-7-18-35-19-17-28/h3-4,6,10,12-14,23,25-28,31,34-35H,5,7-9,11,15-22,24H2,1-2H3. The quantitative estimate of drug-likeness (QED) is 0.377. The Kier molecular flexibility index (Phi) is 9.07. The first-order valence-corrected chi connectivity index (χ1v) is 15.2. The fourth-order valence-corrected chi connectivity index (χ4v) is 7.51. The van der Waals surface area contributed by atoms with Gasteiger partial charge in [0.05, 0.1) is 0 Å². The third kappa shape index (κ3) is 6.94. The summed E-state index contributed by atoms with van der Waals surface area (Å²) in [5.74, 6) is 5.08. The van der Waals surface area contributed by atoms with Gasteiger partial charge in [-0.1, -0.05) is 82.3 Å². The smallest absolute Gasteiger partial charge is 0.127 e. The van der Waals surface area contributed by atoms with Crippen LogP contribution >= 0.6 is 0 Å². The molecule has 1 aliphatic heterocycles. The van der Waals surface area contributed by atoms with Crippen molar-refractivity contribution in [2.75, 3.05) is 13.1 Å². The highest BCUT2D eigenvalue weighted by Gasteiger charge is 2.35. The molecular formula is C34H49NO. The van der Waals surface area contributed by atoms with Crippen molar-refractivity contribution in [2.24, 2.45) is 29.6 Å². The summed E-state index contributed by atoms with van der Waals surface area (Å²) in [5, 5.41) is 3.56. The molecule has 1 N–H and O–H groups in total. The molecule has 3 aliphatic rings. The van der Waals surface area contributed by atoms with Crippen LogP contribution in [0.15, 0.2) is 48.5 Å². The van der Waals surface area contributed by atoms with E-state index in [1.54, 1.807) is 0 Å². The van der Waals surface area contributed by atoms with Crippen LogP contribution in [-0.2, 0) is 12.8 Å². The average molecular weight is 488 g/mol. The van der Waals surface area contributed by atoms with Gasteiger partial charge in [-0.25, -0.2) is 0 Å². The van der Waals surface area contributed by atoms with E-state index in [1.165, 1.54) is 107 Å². The number of ether oxygens (including phenoxy) is 1. The fourth-order valence-electron chi connectivity index (χ4n) is 7.51. The number of fused-ring (bicyclic) bond motifs is 1. The second-order valence-corrected chi connectivity index (χ2v) is 12.7. The first-order chi connectivity index (χ1) is 17.6. The van der Waals surface area contributed by atoms with Gasteiger partial charge in [0, 0.05) is 5.92 Å². The summed E-state index contributed by atoms with van der Waals surface area (Å²) in [6.07, 6.45) is 16.4. The Hall–Kier alpha value is -1.80. The van der Waals surface area contributed by atoms with Crippen LogP contribution in [0.1, 0.15) is 101 Å². The molecule has 1 saturated carbocycles. The summed E-state index contributed by atoms with van der Waals surface area (Å²) in [5.41, 5.74) is 4.38. The highest BCUT2D eigenvalue weighted by molar-refractivity contribution is 5.37. The van der Waals surface area contributed by atoms with Crippen LogP contribution in [0.25, 0.3) is 0 Å². The lowest BCUT2D eigenvalue weighted by atomic mass is 9.83. The average Bonchev–Trinajstić information content (AvgIpc) is 3.04. The Bertz CT molecular complexity index is 946. The van der Waals surface area contributed by atoms with Crippen molar-refractivity contribution in [3.8, 4) is 5.75 Å². The van der Waals surface area contributed by atoms with Crippen molar-refractivity contribution in [3.05, 3.63) is 65.2 Å². The molecule has 6 atom stereocenters. The largest absolute Gasteiger partial charge is 0.485 e. The molecule has 2 aromatic carbocycles. The van der Waals surface area contributed by atoms with E-state index in [9.17, 15) is 0 Å². The Morgan fingerprint density at radius 1 is 0.861 bits per heavy atom. The van der Waals surface area contributed by atoms with Crippen molar-refractivity contribution >= 4 is 0 Å². The number of benzene rings is 2. The van der Waals surface area contributed by atoms with Crippen molar-refractivity contribution in [1.82, 2.24) is 5.32 Å². The second-order valence-electron chi connectivity index (χ2n) is 12.7. The van der Waals surface area contributed by atoms with Gasteiger partial charge in [0.2, 0.25) is 0 Å². The molecule has 196 valence electrons. The number of nitrogens with one attached hydrogen (secondary N) is 1. The van der Waals surface area contributed by atoms with Crippen molar-refractivity contribution < 1.29 is 4.74 Å². The van der Waals surface area contributed by atoms with Gasteiger partial charge in [0.15, 0.2) is 0 Å². The summed E-state index contributed by atoms with van der Waals surface area (Å²) in [4.78, 5) is 0. The molecule has 2 aromatic rings. The predicted molar refractivity (Wildman–Crippen MR) is 151 cm³/mol. The molecule has 0 amide bonds. The van der Waals surface area contributed by atoms with Crippen molar-refractivity contribution in [2.45, 2.75) is 97.0 Å². The van der Waals surface area contributed by atoms with Crippen LogP contribution in [0, 0.1) is 29.6 Å². The molecular weight excluding hydrogens is 438 g/mol. The molecule has 36 heavy (non-hydrogen) atoms. The zero-order valence-electron chi connectivity index (χ0n) is 22.9. The molecule has 2 aliphatic carbocycles. The number of rotatable bonds is 8. The second kappa shape index (κ2) is 12.6. The van der Waals surface area contributed by atoms with Gasteiger partial charge >= 0.3 is 0 Å². The van der Waals surface area contributed by atoms with Crippen LogP contribution in [0.4, 0.5) is 0 Å². The van der Waals surface area contributed by atoms with Gasteiger partial charge < -0.3 is 10.1 Å². The van der Waals surface area contributed by atoms with E-state index in [2.05, 4.69) is 67.7 Å². The van der Waals surface area contributed by atoms with E-state index in [0.717, 1.165) is 29.4 Å². The first-order valence-electron chi connectivity index (χ1n) is 15.2. The lowest BCUT2D eigenvalue weighted by molar-refractivity contribution is 0.128. The molecule has 2 fully saturated rings. The van der Waals surface area contributed by atoms with Crippen molar-refractivity contribution in [1.29, 1.82) is 0 Å². The molecule has 2 heteroatoms. The number of hydrogen-bond donors (Lipinski definition) is 1. The molecule has 5 rings (SSSR count).